The van der Waals surface area contributed by atoms with Gasteiger partial charge in [-0.3, -0.25) is 14.7 Å². The number of aromatic nitrogens is 1. The van der Waals surface area contributed by atoms with Crippen LogP contribution in [0, 0.1) is 0 Å². The van der Waals surface area contributed by atoms with Crippen LogP contribution in [0.15, 0.2) is 34.9 Å². The van der Waals surface area contributed by atoms with Crippen molar-refractivity contribution >= 4 is 32.7 Å². The molecule has 0 radical (unpaired) electrons. The Hall–Kier alpha value is -1.50. The summed E-state index contributed by atoms with van der Waals surface area (Å²) >= 11 is 3.60. The van der Waals surface area contributed by atoms with Crippen molar-refractivity contribution in [2.24, 2.45) is 0 Å². The Balaban J connectivity index is 1.41. The predicted octanol–water partition coefficient (Wildman–Crippen LogP) is 2.82. The maximum Gasteiger partial charge on any atom is 0.251 e. The number of rotatable bonds is 3. The van der Waals surface area contributed by atoms with Crippen LogP contribution >= 0.6 is 15.9 Å². The van der Waals surface area contributed by atoms with Crippen molar-refractivity contribution in [2.45, 2.75) is 25.5 Å². The molecule has 1 aromatic heterocycles. The molecule has 2 fully saturated rings. The van der Waals surface area contributed by atoms with Crippen LogP contribution in [0.1, 0.15) is 18.4 Å². The smallest absolute Gasteiger partial charge is 0.251 e. The van der Waals surface area contributed by atoms with E-state index in [2.05, 4.69) is 44.0 Å². The summed E-state index contributed by atoms with van der Waals surface area (Å²) in [7, 11) is 0. The summed E-state index contributed by atoms with van der Waals surface area (Å²) in [5, 5.41) is 1.15. The van der Waals surface area contributed by atoms with Gasteiger partial charge in [-0.05, 0) is 36.6 Å². The molecule has 0 N–H and O–H groups in total. The van der Waals surface area contributed by atoms with Crippen molar-refractivity contribution in [1.29, 1.82) is 0 Å². The Morgan fingerprint density at radius 3 is 2.88 bits per heavy atom. The van der Waals surface area contributed by atoms with Gasteiger partial charge in [0, 0.05) is 55.4 Å². The summed E-state index contributed by atoms with van der Waals surface area (Å²) < 4.78 is 6.61. The molecule has 2 aliphatic heterocycles. The number of nitrogens with zero attached hydrogens (tertiary/aromatic N) is 3. The molecule has 5 nitrogen and oxygen atoms in total. The summed E-state index contributed by atoms with van der Waals surface area (Å²) in [6.45, 7) is 4.91. The minimum Gasteiger partial charge on any atom is -0.368 e. The monoisotopic (exact) mass is 403 g/mol. The molecule has 1 aromatic carbocycles. The molecular formula is C19H22BrN3O2. The quantitative estimate of drug-likeness (QED) is 0.790. The molecule has 25 heavy (non-hydrogen) atoms. The highest BCUT2D eigenvalue weighted by Crippen LogP contribution is 2.24. The molecular weight excluding hydrogens is 382 g/mol. The second kappa shape index (κ2) is 7.40. The van der Waals surface area contributed by atoms with E-state index in [9.17, 15) is 4.79 Å². The first kappa shape index (κ1) is 16.9. The van der Waals surface area contributed by atoms with Gasteiger partial charge < -0.3 is 9.64 Å². The van der Waals surface area contributed by atoms with E-state index < -0.39 is 0 Å². The first-order chi connectivity index (χ1) is 12.2. The fraction of sp³-hybridized carbons (Fsp3) is 0.474. The highest BCUT2D eigenvalue weighted by molar-refractivity contribution is 9.10. The molecule has 2 aliphatic rings. The minimum absolute atomic E-state index is 0.173. The average molecular weight is 404 g/mol. The largest absolute Gasteiger partial charge is 0.368 e. The van der Waals surface area contributed by atoms with Crippen molar-refractivity contribution in [2.75, 3.05) is 32.8 Å². The zero-order valence-electron chi connectivity index (χ0n) is 14.2. The van der Waals surface area contributed by atoms with Crippen molar-refractivity contribution in [1.82, 2.24) is 14.8 Å². The van der Waals surface area contributed by atoms with Crippen molar-refractivity contribution in [3.8, 4) is 0 Å². The third-order valence-corrected chi connectivity index (χ3v) is 5.49. The van der Waals surface area contributed by atoms with Gasteiger partial charge in [-0.1, -0.05) is 22.0 Å². The number of benzene rings is 1. The molecule has 4 rings (SSSR count). The molecule has 0 unspecified atom stereocenters. The summed E-state index contributed by atoms with van der Waals surface area (Å²) in [6, 6.07) is 8.31. The SMILES string of the molecule is O=C([C@@H]1CCCO1)N1CCN(Cc2cc(Br)cc3cccnc23)CC1. The number of carbonyl (C=O) groups is 1. The first-order valence-corrected chi connectivity index (χ1v) is 9.66. The molecule has 132 valence electrons. The minimum atomic E-state index is -0.204. The van der Waals surface area contributed by atoms with E-state index in [1.807, 2.05) is 17.2 Å². The molecule has 0 spiro atoms. The number of amides is 1. The van der Waals surface area contributed by atoms with E-state index >= 15 is 0 Å². The van der Waals surface area contributed by atoms with Crippen LogP contribution in [0.4, 0.5) is 0 Å². The average Bonchev–Trinajstić information content (AvgIpc) is 3.16. The van der Waals surface area contributed by atoms with Gasteiger partial charge in [0.15, 0.2) is 0 Å². The lowest BCUT2D eigenvalue weighted by atomic mass is 10.1. The van der Waals surface area contributed by atoms with Gasteiger partial charge in [0.2, 0.25) is 0 Å². The number of piperazine rings is 1. The number of hydrogen-bond acceptors (Lipinski definition) is 4. The highest BCUT2D eigenvalue weighted by atomic mass is 79.9. The van der Waals surface area contributed by atoms with Gasteiger partial charge in [-0.2, -0.15) is 0 Å². The summed E-state index contributed by atoms with van der Waals surface area (Å²) in [5.41, 5.74) is 2.28. The van der Waals surface area contributed by atoms with Crippen molar-refractivity contribution < 1.29 is 9.53 Å². The fourth-order valence-corrected chi connectivity index (χ4v) is 4.21. The predicted molar refractivity (Wildman–Crippen MR) is 100 cm³/mol. The Bertz CT molecular complexity index is 768. The van der Waals surface area contributed by atoms with Crippen LogP contribution in [-0.2, 0) is 16.1 Å². The highest BCUT2D eigenvalue weighted by Gasteiger charge is 2.30. The lowest BCUT2D eigenvalue weighted by Crippen LogP contribution is -2.51. The van der Waals surface area contributed by atoms with Crippen LogP contribution in [0.2, 0.25) is 0 Å². The first-order valence-electron chi connectivity index (χ1n) is 8.86. The molecule has 0 aliphatic carbocycles. The maximum absolute atomic E-state index is 12.5. The standard InChI is InChI=1S/C19H22BrN3O2/c20-16-11-14-3-1-5-21-18(14)15(12-16)13-22-6-8-23(9-7-22)19(24)17-4-2-10-25-17/h1,3,5,11-12,17H,2,4,6-10,13H2/t17-/m0/s1. The van der Waals surface area contributed by atoms with Crippen molar-refractivity contribution in [3.05, 3.63) is 40.5 Å². The molecule has 3 heterocycles. The van der Waals surface area contributed by atoms with Crippen LogP contribution in [0.25, 0.3) is 10.9 Å². The fourth-order valence-electron chi connectivity index (χ4n) is 3.69. The zero-order valence-corrected chi connectivity index (χ0v) is 15.7. The number of carbonyl (C=O) groups excluding carboxylic acids is 1. The number of pyridine rings is 1. The number of fused-ring (bicyclic) bond motifs is 1. The topological polar surface area (TPSA) is 45.7 Å². The zero-order chi connectivity index (χ0) is 17.2. The Labute approximate surface area is 156 Å². The molecule has 2 saturated heterocycles. The molecule has 2 aromatic rings. The van der Waals surface area contributed by atoms with E-state index in [0.717, 1.165) is 67.5 Å². The van der Waals surface area contributed by atoms with Crippen LogP contribution in [0.3, 0.4) is 0 Å². The van der Waals surface area contributed by atoms with E-state index in [1.54, 1.807) is 0 Å². The molecule has 6 heteroatoms. The molecule has 1 atom stereocenters. The normalized spacial score (nSPS) is 21.8. The Kier molecular flexibility index (Phi) is 5.01. The van der Waals surface area contributed by atoms with Gasteiger partial charge in [-0.15, -0.1) is 0 Å². The van der Waals surface area contributed by atoms with Gasteiger partial charge in [0.05, 0.1) is 5.52 Å². The van der Waals surface area contributed by atoms with Crippen LogP contribution in [-0.4, -0.2) is 59.6 Å². The van der Waals surface area contributed by atoms with E-state index in [1.165, 1.54) is 5.56 Å². The molecule has 0 bridgehead atoms. The Morgan fingerprint density at radius 2 is 2.12 bits per heavy atom. The maximum atomic E-state index is 12.5. The lowest BCUT2D eigenvalue weighted by Gasteiger charge is -2.35. The van der Waals surface area contributed by atoms with Crippen molar-refractivity contribution in [3.63, 3.8) is 0 Å². The summed E-state index contributed by atoms with van der Waals surface area (Å²) in [4.78, 5) is 21.4. The second-order valence-corrected chi connectivity index (χ2v) is 7.66. The lowest BCUT2D eigenvalue weighted by molar-refractivity contribution is -0.142. The van der Waals surface area contributed by atoms with Gasteiger partial charge >= 0.3 is 0 Å². The van der Waals surface area contributed by atoms with Gasteiger partial charge in [0.1, 0.15) is 6.10 Å². The summed E-state index contributed by atoms with van der Waals surface area (Å²) in [6.07, 6.45) is 3.51. The number of ether oxygens (including phenoxy) is 1. The van der Waals surface area contributed by atoms with Crippen LogP contribution in [0.5, 0.6) is 0 Å². The summed E-state index contributed by atoms with van der Waals surface area (Å²) in [5.74, 6) is 0.173. The van der Waals surface area contributed by atoms with Gasteiger partial charge in [-0.25, -0.2) is 0 Å². The van der Waals surface area contributed by atoms with E-state index in [4.69, 9.17) is 4.74 Å². The molecule has 0 saturated carbocycles. The van der Waals surface area contributed by atoms with E-state index in [0.29, 0.717) is 0 Å². The third kappa shape index (κ3) is 3.71. The van der Waals surface area contributed by atoms with Gasteiger partial charge in [0.25, 0.3) is 5.91 Å². The van der Waals surface area contributed by atoms with Crippen LogP contribution < -0.4 is 0 Å². The second-order valence-electron chi connectivity index (χ2n) is 6.74. The molecule has 1 amide bonds. The Morgan fingerprint density at radius 1 is 1.28 bits per heavy atom. The number of halogens is 1. The van der Waals surface area contributed by atoms with E-state index in [-0.39, 0.29) is 12.0 Å². The third-order valence-electron chi connectivity index (χ3n) is 5.03. The number of hydrogen-bond donors (Lipinski definition) is 0.